The van der Waals surface area contributed by atoms with E-state index >= 15 is 0 Å². The van der Waals surface area contributed by atoms with Crippen LogP contribution in [0.3, 0.4) is 0 Å². The van der Waals surface area contributed by atoms with E-state index in [1.807, 2.05) is 30.3 Å². The first kappa shape index (κ1) is 13.3. The van der Waals surface area contributed by atoms with Crippen LogP contribution in [0.1, 0.15) is 11.3 Å². The molecule has 0 radical (unpaired) electrons. The zero-order chi connectivity index (χ0) is 12.8. The minimum atomic E-state index is 0.240. The molecule has 1 heterocycles. The van der Waals surface area contributed by atoms with Gasteiger partial charge in [-0.1, -0.05) is 30.3 Å². The van der Waals surface area contributed by atoms with E-state index in [1.54, 1.807) is 7.11 Å². The molecule has 4 heteroatoms. The Labute approximate surface area is 120 Å². The van der Waals surface area contributed by atoms with E-state index in [2.05, 4.69) is 39.7 Å². The van der Waals surface area contributed by atoms with E-state index in [0.717, 1.165) is 21.6 Å². The molecule has 2 rings (SSSR count). The number of hydrogen-bond acceptors (Lipinski definition) is 3. The van der Waals surface area contributed by atoms with Gasteiger partial charge in [-0.2, -0.15) is 0 Å². The third-order valence-electron chi connectivity index (χ3n) is 2.45. The van der Waals surface area contributed by atoms with Gasteiger partial charge in [0, 0.05) is 13.5 Å². The minimum absolute atomic E-state index is 0.240. The molecule has 0 saturated carbocycles. The summed E-state index contributed by atoms with van der Waals surface area (Å²) >= 11 is 2.20. The molecule has 0 aliphatic carbocycles. The highest BCUT2D eigenvalue weighted by molar-refractivity contribution is 14.1. The molecular formula is C14H14INO2. The molecule has 0 aliphatic rings. The Morgan fingerprint density at radius 1 is 1.11 bits per heavy atom. The molecule has 0 atom stereocenters. The predicted octanol–water partition coefficient (Wildman–Crippen LogP) is 3.26. The van der Waals surface area contributed by atoms with Crippen molar-refractivity contribution < 1.29 is 9.47 Å². The van der Waals surface area contributed by atoms with Crippen LogP contribution < -0.4 is 4.74 Å². The molecule has 2 aromatic rings. The summed E-state index contributed by atoms with van der Waals surface area (Å²) in [5.74, 6) is 0.779. The van der Waals surface area contributed by atoms with Gasteiger partial charge in [-0.3, -0.25) is 0 Å². The van der Waals surface area contributed by atoms with E-state index < -0.39 is 0 Å². The zero-order valence-electron chi connectivity index (χ0n) is 10.1. The molecule has 3 nitrogen and oxygen atoms in total. The number of aromatic nitrogens is 1. The van der Waals surface area contributed by atoms with Crippen LogP contribution >= 0.6 is 22.6 Å². The number of ether oxygens (including phenoxy) is 2. The van der Waals surface area contributed by atoms with Crippen LogP contribution in [0.25, 0.3) is 0 Å². The molecule has 0 unspecified atom stereocenters. The average Bonchev–Trinajstić information content (AvgIpc) is 2.39. The van der Waals surface area contributed by atoms with Crippen molar-refractivity contribution in [3.63, 3.8) is 0 Å². The van der Waals surface area contributed by atoms with Crippen molar-refractivity contribution >= 4 is 22.6 Å². The Kier molecular flexibility index (Phi) is 4.95. The van der Waals surface area contributed by atoms with Gasteiger partial charge in [-0.25, -0.2) is 4.98 Å². The van der Waals surface area contributed by atoms with E-state index in [9.17, 15) is 0 Å². The Hall–Kier alpha value is -1.14. The van der Waals surface area contributed by atoms with Crippen LogP contribution in [0.2, 0.25) is 0 Å². The van der Waals surface area contributed by atoms with E-state index in [0.29, 0.717) is 0 Å². The summed E-state index contributed by atoms with van der Waals surface area (Å²) in [5, 5.41) is 0. The lowest BCUT2D eigenvalue weighted by molar-refractivity contribution is 0.0501. The van der Waals surface area contributed by atoms with Crippen molar-refractivity contribution in [3.05, 3.63) is 57.4 Å². The molecule has 0 amide bonds. The van der Waals surface area contributed by atoms with E-state index in [4.69, 9.17) is 9.47 Å². The summed E-state index contributed by atoms with van der Waals surface area (Å²) in [4.78, 5) is 4.53. The quantitative estimate of drug-likeness (QED) is 0.469. The van der Waals surface area contributed by atoms with Crippen molar-refractivity contribution in [2.75, 3.05) is 13.9 Å². The second-order valence-corrected chi connectivity index (χ2v) is 4.90. The Morgan fingerprint density at radius 2 is 1.89 bits per heavy atom. The summed E-state index contributed by atoms with van der Waals surface area (Å²) in [6.07, 6.45) is 0.761. The molecule has 0 N–H and O–H groups in total. The van der Waals surface area contributed by atoms with Crippen LogP contribution in [0, 0.1) is 3.70 Å². The van der Waals surface area contributed by atoms with Crippen molar-refractivity contribution in [3.8, 4) is 5.75 Å². The highest BCUT2D eigenvalue weighted by Crippen LogP contribution is 2.21. The maximum Gasteiger partial charge on any atom is 0.188 e. The van der Waals surface area contributed by atoms with Crippen molar-refractivity contribution in [1.29, 1.82) is 0 Å². The smallest absolute Gasteiger partial charge is 0.188 e. The van der Waals surface area contributed by atoms with Gasteiger partial charge >= 0.3 is 0 Å². The summed E-state index contributed by atoms with van der Waals surface area (Å²) < 4.78 is 11.4. The van der Waals surface area contributed by atoms with Crippen LogP contribution in [-0.4, -0.2) is 18.9 Å². The van der Waals surface area contributed by atoms with E-state index in [-0.39, 0.29) is 6.79 Å². The van der Waals surface area contributed by atoms with Gasteiger partial charge in [0.15, 0.2) is 6.79 Å². The maximum atomic E-state index is 5.53. The van der Waals surface area contributed by atoms with Crippen LogP contribution in [0.4, 0.5) is 0 Å². The molecule has 0 bridgehead atoms. The zero-order valence-corrected chi connectivity index (χ0v) is 12.3. The number of benzene rings is 1. The number of nitrogens with zero attached hydrogens (tertiary/aromatic N) is 1. The fraction of sp³-hybridized carbons (Fsp3) is 0.214. The molecule has 0 aliphatic heterocycles. The molecular weight excluding hydrogens is 341 g/mol. The van der Waals surface area contributed by atoms with Gasteiger partial charge in [0.05, 0.1) is 5.69 Å². The number of hydrogen-bond donors (Lipinski definition) is 0. The summed E-state index contributed by atoms with van der Waals surface area (Å²) in [6, 6.07) is 14.1. The Morgan fingerprint density at radius 3 is 2.61 bits per heavy atom. The first-order valence-corrected chi connectivity index (χ1v) is 6.68. The first-order valence-electron chi connectivity index (χ1n) is 5.60. The van der Waals surface area contributed by atoms with Crippen LogP contribution in [-0.2, 0) is 11.2 Å². The lowest BCUT2D eigenvalue weighted by Gasteiger charge is -2.10. The topological polar surface area (TPSA) is 31.4 Å². The molecule has 0 saturated heterocycles. The number of halogens is 1. The number of rotatable bonds is 5. The lowest BCUT2D eigenvalue weighted by Crippen LogP contribution is -2.04. The second-order valence-electron chi connectivity index (χ2n) is 3.79. The van der Waals surface area contributed by atoms with Gasteiger partial charge in [-0.05, 0) is 40.3 Å². The molecule has 0 spiro atoms. The molecule has 18 heavy (non-hydrogen) atoms. The summed E-state index contributed by atoms with van der Waals surface area (Å²) in [5.41, 5.74) is 2.15. The summed E-state index contributed by atoms with van der Waals surface area (Å²) in [6.45, 7) is 0.240. The van der Waals surface area contributed by atoms with Crippen molar-refractivity contribution in [2.24, 2.45) is 0 Å². The van der Waals surface area contributed by atoms with E-state index in [1.165, 1.54) is 5.56 Å². The molecule has 1 aromatic heterocycles. The molecule has 0 fully saturated rings. The highest BCUT2D eigenvalue weighted by Gasteiger charge is 2.07. The first-order chi connectivity index (χ1) is 8.79. The fourth-order valence-electron chi connectivity index (χ4n) is 1.63. The molecule has 94 valence electrons. The average molecular weight is 355 g/mol. The fourth-order valence-corrected chi connectivity index (χ4v) is 2.10. The normalized spacial score (nSPS) is 10.3. The van der Waals surface area contributed by atoms with Crippen LogP contribution in [0.15, 0.2) is 42.5 Å². The Bertz CT molecular complexity index is 502. The van der Waals surface area contributed by atoms with Gasteiger partial charge in [0.2, 0.25) is 0 Å². The standard InChI is InChI=1S/C14H14INO2/c1-17-10-18-13-7-8-14(15)16-12(13)9-11-5-3-2-4-6-11/h2-8H,9-10H2,1H3. The number of methoxy groups -OCH3 is 1. The van der Waals surface area contributed by atoms with Crippen molar-refractivity contribution in [1.82, 2.24) is 4.98 Å². The van der Waals surface area contributed by atoms with Gasteiger partial charge < -0.3 is 9.47 Å². The summed E-state index contributed by atoms with van der Waals surface area (Å²) in [7, 11) is 1.61. The van der Waals surface area contributed by atoms with Gasteiger partial charge in [0.25, 0.3) is 0 Å². The SMILES string of the molecule is COCOc1ccc(I)nc1Cc1ccccc1. The van der Waals surface area contributed by atoms with Crippen molar-refractivity contribution in [2.45, 2.75) is 6.42 Å². The third-order valence-corrected chi connectivity index (χ3v) is 3.05. The predicted molar refractivity (Wildman–Crippen MR) is 78.7 cm³/mol. The number of pyridine rings is 1. The van der Waals surface area contributed by atoms with Gasteiger partial charge in [-0.15, -0.1) is 0 Å². The minimum Gasteiger partial charge on any atom is -0.466 e. The second kappa shape index (κ2) is 6.70. The lowest BCUT2D eigenvalue weighted by atomic mass is 10.1. The monoisotopic (exact) mass is 355 g/mol. The van der Waals surface area contributed by atoms with Gasteiger partial charge in [0.1, 0.15) is 9.45 Å². The Balaban J connectivity index is 2.22. The van der Waals surface area contributed by atoms with Crippen LogP contribution in [0.5, 0.6) is 5.75 Å². The molecule has 1 aromatic carbocycles. The third kappa shape index (κ3) is 3.68. The maximum absolute atomic E-state index is 5.53. The highest BCUT2D eigenvalue weighted by atomic mass is 127. The largest absolute Gasteiger partial charge is 0.466 e.